The highest BCUT2D eigenvalue weighted by molar-refractivity contribution is 6.00. The van der Waals surface area contributed by atoms with Crippen molar-refractivity contribution in [2.75, 3.05) is 14.2 Å². The Hall–Kier alpha value is -3.16. The molecule has 1 N–H and O–H groups in total. The Kier molecular flexibility index (Phi) is 5.21. The second-order valence-electron chi connectivity index (χ2n) is 5.78. The second kappa shape index (κ2) is 7.16. The smallest absolute Gasteiger partial charge is 0.276 e. The summed E-state index contributed by atoms with van der Waals surface area (Å²) in [4.78, 5) is 27.5. The van der Waals surface area contributed by atoms with Crippen LogP contribution in [-0.4, -0.2) is 30.0 Å². The number of carbonyl (C=O) groups excluding carboxylic acids is 1. The highest BCUT2D eigenvalue weighted by Gasteiger charge is 2.29. The van der Waals surface area contributed by atoms with Gasteiger partial charge in [0.2, 0.25) is 0 Å². The van der Waals surface area contributed by atoms with E-state index in [0.29, 0.717) is 5.69 Å². The number of benzene rings is 1. The fourth-order valence-corrected chi connectivity index (χ4v) is 2.37. The van der Waals surface area contributed by atoms with Crippen LogP contribution in [0.25, 0.3) is 0 Å². The van der Waals surface area contributed by atoms with Gasteiger partial charge < -0.3 is 14.8 Å². The molecule has 0 bridgehead atoms. The number of carbonyl (C=O) groups is 1. The summed E-state index contributed by atoms with van der Waals surface area (Å²) in [6.45, 7) is 3.61. The minimum atomic E-state index is -0.768. The van der Waals surface area contributed by atoms with Crippen LogP contribution in [0.15, 0.2) is 36.5 Å². The van der Waals surface area contributed by atoms with Crippen LogP contribution in [0.1, 0.15) is 29.9 Å². The standard InChI is InChI=1S/C17H19N3O5/c1-17(2,14-7-5-6-8-18-14)19-16(21)15-12(24-3)9-11(20(22)23)10-13(15)25-4/h5-10H,1-4H3,(H,19,21). The van der Waals surface area contributed by atoms with Crippen molar-refractivity contribution < 1.29 is 19.2 Å². The van der Waals surface area contributed by atoms with Crippen molar-refractivity contribution in [2.45, 2.75) is 19.4 Å². The van der Waals surface area contributed by atoms with Crippen molar-refractivity contribution in [3.8, 4) is 11.5 Å². The lowest BCUT2D eigenvalue weighted by atomic mass is 9.98. The molecule has 0 radical (unpaired) electrons. The van der Waals surface area contributed by atoms with Crippen LogP contribution in [-0.2, 0) is 5.54 Å². The van der Waals surface area contributed by atoms with Gasteiger partial charge in [0.05, 0.1) is 42.5 Å². The normalized spacial score (nSPS) is 10.9. The summed E-state index contributed by atoms with van der Waals surface area (Å²) in [7, 11) is 2.67. The lowest BCUT2D eigenvalue weighted by Crippen LogP contribution is -2.41. The Balaban J connectivity index is 2.43. The summed E-state index contributed by atoms with van der Waals surface area (Å²) >= 11 is 0. The van der Waals surface area contributed by atoms with Gasteiger partial charge in [0.15, 0.2) is 0 Å². The minimum Gasteiger partial charge on any atom is -0.496 e. The van der Waals surface area contributed by atoms with Gasteiger partial charge in [0.1, 0.15) is 17.1 Å². The number of methoxy groups -OCH3 is 2. The van der Waals surface area contributed by atoms with E-state index in [1.54, 1.807) is 32.2 Å². The molecule has 2 rings (SSSR count). The monoisotopic (exact) mass is 345 g/mol. The van der Waals surface area contributed by atoms with Crippen molar-refractivity contribution in [3.05, 3.63) is 57.9 Å². The van der Waals surface area contributed by atoms with E-state index in [9.17, 15) is 14.9 Å². The number of nitrogens with one attached hydrogen (secondary N) is 1. The van der Waals surface area contributed by atoms with Gasteiger partial charge in [0, 0.05) is 6.20 Å². The van der Waals surface area contributed by atoms with E-state index >= 15 is 0 Å². The molecule has 1 heterocycles. The molecule has 1 amide bonds. The molecule has 0 fully saturated rings. The number of ether oxygens (including phenoxy) is 2. The van der Waals surface area contributed by atoms with Gasteiger partial charge in [-0.1, -0.05) is 6.07 Å². The summed E-state index contributed by atoms with van der Waals surface area (Å²) in [5.74, 6) is -0.375. The summed E-state index contributed by atoms with van der Waals surface area (Å²) in [6.07, 6.45) is 1.64. The van der Waals surface area contributed by atoms with Crippen LogP contribution in [0.5, 0.6) is 11.5 Å². The molecule has 1 aromatic carbocycles. The molecule has 0 saturated heterocycles. The number of nitro benzene ring substituents is 1. The zero-order valence-electron chi connectivity index (χ0n) is 14.4. The first-order valence-electron chi connectivity index (χ1n) is 7.44. The fraction of sp³-hybridized carbons (Fsp3) is 0.294. The van der Waals surface area contributed by atoms with E-state index in [-0.39, 0.29) is 22.7 Å². The lowest BCUT2D eigenvalue weighted by molar-refractivity contribution is -0.385. The average Bonchev–Trinajstić information content (AvgIpc) is 2.60. The number of hydrogen-bond donors (Lipinski definition) is 1. The molecule has 0 atom stereocenters. The third-order valence-corrected chi connectivity index (χ3v) is 3.66. The summed E-state index contributed by atoms with van der Waals surface area (Å²) in [5.41, 5.74) is -0.243. The van der Waals surface area contributed by atoms with Crippen LogP contribution in [0.4, 0.5) is 5.69 Å². The molecule has 0 aliphatic heterocycles. The van der Waals surface area contributed by atoms with Crippen molar-refractivity contribution >= 4 is 11.6 Å². The Morgan fingerprint density at radius 1 is 1.20 bits per heavy atom. The molecular formula is C17H19N3O5. The molecule has 0 spiro atoms. The molecule has 0 unspecified atom stereocenters. The van der Waals surface area contributed by atoms with Gasteiger partial charge in [-0.15, -0.1) is 0 Å². The topological polar surface area (TPSA) is 104 Å². The molecule has 132 valence electrons. The first-order chi connectivity index (χ1) is 11.8. The highest BCUT2D eigenvalue weighted by Crippen LogP contribution is 2.34. The zero-order valence-corrected chi connectivity index (χ0v) is 14.4. The largest absolute Gasteiger partial charge is 0.496 e. The minimum absolute atomic E-state index is 0.0559. The van der Waals surface area contributed by atoms with E-state index in [0.717, 1.165) is 0 Å². The summed E-state index contributed by atoms with van der Waals surface area (Å²) in [5, 5.41) is 13.9. The number of aromatic nitrogens is 1. The number of amides is 1. The molecular weight excluding hydrogens is 326 g/mol. The third-order valence-electron chi connectivity index (χ3n) is 3.66. The fourth-order valence-electron chi connectivity index (χ4n) is 2.37. The molecule has 8 nitrogen and oxygen atoms in total. The maximum absolute atomic E-state index is 12.8. The van der Waals surface area contributed by atoms with Crippen LogP contribution in [0, 0.1) is 10.1 Å². The second-order valence-corrected chi connectivity index (χ2v) is 5.78. The predicted molar refractivity (Wildman–Crippen MR) is 90.9 cm³/mol. The first kappa shape index (κ1) is 18.2. The summed E-state index contributed by atoms with van der Waals surface area (Å²) < 4.78 is 10.3. The van der Waals surface area contributed by atoms with Crippen LogP contribution >= 0.6 is 0 Å². The number of rotatable bonds is 6. The van der Waals surface area contributed by atoms with Crippen molar-refractivity contribution in [2.24, 2.45) is 0 Å². The van der Waals surface area contributed by atoms with Gasteiger partial charge in [-0.25, -0.2) is 0 Å². The van der Waals surface area contributed by atoms with Gasteiger partial charge in [-0.05, 0) is 26.0 Å². The van der Waals surface area contributed by atoms with Crippen molar-refractivity contribution in [3.63, 3.8) is 0 Å². The average molecular weight is 345 g/mol. The van der Waals surface area contributed by atoms with Gasteiger partial charge in [-0.3, -0.25) is 19.9 Å². The first-order valence-corrected chi connectivity index (χ1v) is 7.44. The van der Waals surface area contributed by atoms with E-state index in [4.69, 9.17) is 9.47 Å². The number of non-ortho nitro benzene ring substituents is 1. The van der Waals surface area contributed by atoms with Crippen LogP contribution in [0.3, 0.4) is 0 Å². The molecule has 1 aromatic heterocycles. The van der Waals surface area contributed by atoms with E-state index < -0.39 is 16.4 Å². The van der Waals surface area contributed by atoms with Gasteiger partial charge in [0.25, 0.3) is 11.6 Å². The Labute approximate surface area is 144 Å². The molecule has 25 heavy (non-hydrogen) atoms. The SMILES string of the molecule is COc1cc([N+](=O)[O-])cc(OC)c1C(=O)NC(C)(C)c1ccccn1. The lowest BCUT2D eigenvalue weighted by Gasteiger charge is -2.26. The maximum atomic E-state index is 12.8. The number of hydrogen-bond acceptors (Lipinski definition) is 6. The van der Waals surface area contributed by atoms with Crippen LogP contribution < -0.4 is 14.8 Å². The van der Waals surface area contributed by atoms with Gasteiger partial charge >= 0.3 is 0 Å². The molecule has 0 aliphatic carbocycles. The molecule has 2 aromatic rings. The summed E-state index contributed by atoms with van der Waals surface area (Å²) in [6, 6.07) is 7.77. The maximum Gasteiger partial charge on any atom is 0.276 e. The highest BCUT2D eigenvalue weighted by atomic mass is 16.6. The predicted octanol–water partition coefficient (Wildman–Crippen LogP) is 2.67. The Morgan fingerprint density at radius 3 is 2.24 bits per heavy atom. The third kappa shape index (κ3) is 3.85. The number of nitro groups is 1. The van der Waals surface area contributed by atoms with Gasteiger partial charge in [-0.2, -0.15) is 0 Å². The van der Waals surface area contributed by atoms with E-state index in [1.807, 2.05) is 6.07 Å². The van der Waals surface area contributed by atoms with Crippen LogP contribution in [0.2, 0.25) is 0 Å². The molecule has 0 aliphatic rings. The Bertz CT molecular complexity index is 765. The van der Waals surface area contributed by atoms with Crippen molar-refractivity contribution in [1.29, 1.82) is 0 Å². The molecule has 0 saturated carbocycles. The van der Waals surface area contributed by atoms with E-state index in [1.165, 1.54) is 26.4 Å². The number of pyridine rings is 1. The zero-order chi connectivity index (χ0) is 18.6. The number of nitrogens with zero attached hydrogens (tertiary/aromatic N) is 2. The Morgan fingerprint density at radius 2 is 1.80 bits per heavy atom. The molecule has 8 heteroatoms. The van der Waals surface area contributed by atoms with E-state index in [2.05, 4.69) is 10.3 Å². The quantitative estimate of drug-likeness (QED) is 0.637. The van der Waals surface area contributed by atoms with Crippen molar-refractivity contribution in [1.82, 2.24) is 10.3 Å².